The number of benzene rings is 1. The summed E-state index contributed by atoms with van der Waals surface area (Å²) in [7, 11) is 0. The molecule has 0 spiro atoms. The monoisotopic (exact) mass is 218 g/mol. The standard InChI is InChI=1S/C11H10N2O3/c14-10(11(15)16)8-3-1-4-9(7-8)13-6-2-5-12-13/h1-7,10,14H,(H,15,16). The first-order valence-corrected chi connectivity index (χ1v) is 4.69. The predicted octanol–water partition coefficient (Wildman–Crippen LogP) is 0.990. The van der Waals surface area contributed by atoms with E-state index >= 15 is 0 Å². The largest absolute Gasteiger partial charge is 0.479 e. The maximum atomic E-state index is 10.6. The maximum Gasteiger partial charge on any atom is 0.337 e. The van der Waals surface area contributed by atoms with Crippen molar-refractivity contribution in [1.29, 1.82) is 0 Å². The van der Waals surface area contributed by atoms with Gasteiger partial charge in [0, 0.05) is 12.4 Å². The minimum absolute atomic E-state index is 0.334. The molecule has 2 N–H and O–H groups in total. The zero-order valence-electron chi connectivity index (χ0n) is 8.32. The molecular formula is C11H10N2O3. The van der Waals surface area contributed by atoms with E-state index in [2.05, 4.69) is 5.10 Å². The lowest BCUT2D eigenvalue weighted by molar-refractivity contribution is -0.146. The molecule has 1 aromatic carbocycles. The van der Waals surface area contributed by atoms with Gasteiger partial charge < -0.3 is 10.2 Å². The van der Waals surface area contributed by atoms with Crippen LogP contribution in [0.1, 0.15) is 11.7 Å². The van der Waals surface area contributed by atoms with E-state index in [-0.39, 0.29) is 0 Å². The summed E-state index contributed by atoms with van der Waals surface area (Å²) in [6, 6.07) is 8.38. The number of rotatable bonds is 3. The fourth-order valence-corrected chi connectivity index (χ4v) is 1.40. The molecule has 1 unspecified atom stereocenters. The van der Waals surface area contributed by atoms with Crippen molar-refractivity contribution in [3.8, 4) is 5.69 Å². The van der Waals surface area contributed by atoms with Gasteiger partial charge in [-0.1, -0.05) is 12.1 Å². The quantitative estimate of drug-likeness (QED) is 0.805. The molecule has 0 bridgehead atoms. The van der Waals surface area contributed by atoms with E-state index in [1.165, 1.54) is 0 Å². The third-order valence-electron chi connectivity index (χ3n) is 2.19. The summed E-state index contributed by atoms with van der Waals surface area (Å²) in [4.78, 5) is 10.6. The van der Waals surface area contributed by atoms with Crippen molar-refractivity contribution in [3.63, 3.8) is 0 Å². The Morgan fingerprint density at radius 1 is 1.38 bits per heavy atom. The van der Waals surface area contributed by atoms with Crippen molar-refractivity contribution in [2.75, 3.05) is 0 Å². The molecule has 82 valence electrons. The number of hydrogen-bond donors (Lipinski definition) is 2. The molecule has 0 saturated heterocycles. The van der Waals surface area contributed by atoms with Gasteiger partial charge in [0.25, 0.3) is 0 Å². The van der Waals surface area contributed by atoms with Gasteiger partial charge in [0.15, 0.2) is 6.10 Å². The number of carbonyl (C=O) groups is 1. The van der Waals surface area contributed by atoms with Crippen LogP contribution in [0.3, 0.4) is 0 Å². The van der Waals surface area contributed by atoms with Gasteiger partial charge in [-0.25, -0.2) is 9.48 Å². The number of carboxylic acids is 1. The van der Waals surface area contributed by atoms with Crippen LogP contribution in [0.15, 0.2) is 42.7 Å². The third-order valence-corrected chi connectivity index (χ3v) is 2.19. The van der Waals surface area contributed by atoms with Gasteiger partial charge in [-0.2, -0.15) is 5.10 Å². The number of nitrogens with zero attached hydrogens (tertiary/aromatic N) is 2. The van der Waals surface area contributed by atoms with E-state index in [1.54, 1.807) is 47.4 Å². The van der Waals surface area contributed by atoms with Crippen LogP contribution in [-0.2, 0) is 4.79 Å². The SMILES string of the molecule is O=C(O)C(O)c1cccc(-n2cccn2)c1. The predicted molar refractivity (Wildman–Crippen MR) is 56.2 cm³/mol. The van der Waals surface area contributed by atoms with Crippen LogP contribution in [-0.4, -0.2) is 26.0 Å². The minimum atomic E-state index is -1.50. The zero-order chi connectivity index (χ0) is 11.5. The smallest absolute Gasteiger partial charge is 0.337 e. The number of aliphatic hydroxyl groups excluding tert-OH is 1. The van der Waals surface area contributed by atoms with Crippen LogP contribution >= 0.6 is 0 Å². The number of aromatic nitrogens is 2. The van der Waals surface area contributed by atoms with Crippen LogP contribution in [0.5, 0.6) is 0 Å². The van der Waals surface area contributed by atoms with Gasteiger partial charge >= 0.3 is 5.97 Å². The van der Waals surface area contributed by atoms with E-state index < -0.39 is 12.1 Å². The minimum Gasteiger partial charge on any atom is -0.479 e. The van der Waals surface area contributed by atoms with Crippen LogP contribution in [0.25, 0.3) is 5.69 Å². The fourth-order valence-electron chi connectivity index (χ4n) is 1.40. The molecule has 16 heavy (non-hydrogen) atoms. The lowest BCUT2D eigenvalue weighted by Crippen LogP contribution is -2.10. The van der Waals surface area contributed by atoms with Crippen molar-refractivity contribution < 1.29 is 15.0 Å². The van der Waals surface area contributed by atoms with E-state index in [4.69, 9.17) is 5.11 Å². The van der Waals surface area contributed by atoms with E-state index in [0.29, 0.717) is 11.3 Å². The highest BCUT2D eigenvalue weighted by Crippen LogP contribution is 2.16. The van der Waals surface area contributed by atoms with Gasteiger partial charge in [0.05, 0.1) is 5.69 Å². The topological polar surface area (TPSA) is 75.3 Å². The fraction of sp³-hybridized carbons (Fsp3) is 0.0909. The lowest BCUT2D eigenvalue weighted by atomic mass is 10.1. The van der Waals surface area contributed by atoms with Crippen molar-refractivity contribution in [2.24, 2.45) is 0 Å². The maximum absolute atomic E-state index is 10.6. The Bertz CT molecular complexity index is 494. The van der Waals surface area contributed by atoms with E-state index in [0.717, 1.165) is 0 Å². The molecule has 0 aliphatic rings. The Morgan fingerprint density at radius 3 is 2.81 bits per heavy atom. The van der Waals surface area contributed by atoms with Crippen LogP contribution in [0.4, 0.5) is 0 Å². The second-order valence-corrected chi connectivity index (χ2v) is 3.29. The molecule has 1 atom stereocenters. The van der Waals surface area contributed by atoms with Gasteiger partial charge in [0.1, 0.15) is 0 Å². The second kappa shape index (κ2) is 4.16. The molecular weight excluding hydrogens is 208 g/mol. The highest BCUT2D eigenvalue weighted by molar-refractivity contribution is 5.74. The van der Waals surface area contributed by atoms with Gasteiger partial charge in [-0.3, -0.25) is 0 Å². The molecule has 5 heteroatoms. The molecule has 0 amide bonds. The molecule has 0 aliphatic carbocycles. The number of carboxylic acid groups (broad SMARTS) is 1. The first-order chi connectivity index (χ1) is 7.68. The molecule has 1 aromatic heterocycles. The normalized spacial score (nSPS) is 12.3. The van der Waals surface area contributed by atoms with Crippen molar-refractivity contribution in [1.82, 2.24) is 9.78 Å². The van der Waals surface area contributed by atoms with Crippen molar-refractivity contribution in [3.05, 3.63) is 48.3 Å². The summed E-state index contributed by atoms with van der Waals surface area (Å²) in [5, 5.41) is 22.1. The van der Waals surface area contributed by atoms with Gasteiger partial charge in [0.2, 0.25) is 0 Å². The Morgan fingerprint density at radius 2 is 2.19 bits per heavy atom. The summed E-state index contributed by atoms with van der Waals surface area (Å²) in [6.45, 7) is 0. The Kier molecular flexibility index (Phi) is 2.70. The number of aliphatic carboxylic acids is 1. The Labute approximate surface area is 91.6 Å². The molecule has 1 heterocycles. The highest BCUT2D eigenvalue weighted by atomic mass is 16.4. The first kappa shape index (κ1) is 10.4. The van der Waals surface area contributed by atoms with Crippen LogP contribution in [0.2, 0.25) is 0 Å². The summed E-state index contributed by atoms with van der Waals surface area (Å²) in [5.41, 5.74) is 1.04. The van der Waals surface area contributed by atoms with Crippen molar-refractivity contribution >= 4 is 5.97 Å². The summed E-state index contributed by atoms with van der Waals surface area (Å²) >= 11 is 0. The second-order valence-electron chi connectivity index (χ2n) is 3.29. The molecule has 0 saturated carbocycles. The summed E-state index contributed by atoms with van der Waals surface area (Å²) in [6.07, 6.45) is 1.86. The third kappa shape index (κ3) is 1.94. The number of hydrogen-bond acceptors (Lipinski definition) is 3. The van der Waals surface area contributed by atoms with Gasteiger partial charge in [-0.15, -0.1) is 0 Å². The molecule has 0 aliphatic heterocycles. The highest BCUT2D eigenvalue weighted by Gasteiger charge is 2.15. The first-order valence-electron chi connectivity index (χ1n) is 4.69. The zero-order valence-corrected chi connectivity index (χ0v) is 8.32. The number of aliphatic hydroxyl groups is 1. The molecule has 0 fully saturated rings. The molecule has 5 nitrogen and oxygen atoms in total. The Balaban J connectivity index is 2.37. The van der Waals surface area contributed by atoms with Crippen molar-refractivity contribution in [2.45, 2.75) is 6.10 Å². The summed E-state index contributed by atoms with van der Waals surface area (Å²) in [5.74, 6) is -1.27. The molecule has 2 aromatic rings. The molecule has 0 radical (unpaired) electrons. The van der Waals surface area contributed by atoms with Gasteiger partial charge in [-0.05, 0) is 23.8 Å². The summed E-state index contributed by atoms with van der Waals surface area (Å²) < 4.78 is 1.60. The molecule has 2 rings (SSSR count). The average molecular weight is 218 g/mol. The Hall–Kier alpha value is -2.14. The van der Waals surface area contributed by atoms with Crippen LogP contribution in [0, 0.1) is 0 Å². The van der Waals surface area contributed by atoms with E-state index in [9.17, 15) is 9.90 Å². The van der Waals surface area contributed by atoms with E-state index in [1.807, 2.05) is 0 Å². The van der Waals surface area contributed by atoms with Crippen LogP contribution < -0.4 is 0 Å². The lowest BCUT2D eigenvalue weighted by Gasteiger charge is -2.08. The average Bonchev–Trinajstić information content (AvgIpc) is 2.81.